The summed E-state index contributed by atoms with van der Waals surface area (Å²) in [5, 5.41) is 8.29. The van der Waals surface area contributed by atoms with Crippen LogP contribution >= 0.6 is 23.2 Å². The minimum atomic E-state index is -0.217. The second-order valence-corrected chi connectivity index (χ2v) is 6.50. The molecule has 130 valence electrons. The van der Waals surface area contributed by atoms with E-state index in [4.69, 9.17) is 27.6 Å². The van der Waals surface area contributed by atoms with Crippen molar-refractivity contribution in [2.24, 2.45) is 0 Å². The van der Waals surface area contributed by atoms with Crippen LogP contribution in [-0.2, 0) is 0 Å². The Morgan fingerprint density at radius 1 is 1.28 bits per heavy atom. The zero-order valence-corrected chi connectivity index (χ0v) is 15.3. The molecule has 1 atom stereocenters. The fourth-order valence-electron chi connectivity index (χ4n) is 2.30. The summed E-state index contributed by atoms with van der Waals surface area (Å²) in [6.07, 6.45) is 2.39. The molecule has 5 nitrogen and oxygen atoms in total. The molecule has 0 radical (unpaired) electrons. The molecular weight excluding hydrogens is 361 g/mol. The van der Waals surface area contributed by atoms with Crippen molar-refractivity contribution in [1.29, 1.82) is 0 Å². The van der Waals surface area contributed by atoms with E-state index in [2.05, 4.69) is 10.4 Å². The highest BCUT2D eigenvalue weighted by Gasteiger charge is 2.20. The van der Waals surface area contributed by atoms with Crippen LogP contribution in [0.25, 0.3) is 17.1 Å². The molecule has 0 bridgehead atoms. The van der Waals surface area contributed by atoms with Gasteiger partial charge in [0, 0.05) is 12.1 Å². The van der Waals surface area contributed by atoms with Gasteiger partial charge in [-0.2, -0.15) is 5.10 Å². The third-order valence-corrected chi connectivity index (χ3v) is 4.59. The SMILES string of the molecule is CC[C@@H](C)NC(=O)c1cc(-c2ccco2)nn1-c1ccc(Cl)c(Cl)c1. The molecule has 0 aliphatic heterocycles. The van der Waals surface area contributed by atoms with Gasteiger partial charge in [-0.15, -0.1) is 0 Å². The van der Waals surface area contributed by atoms with E-state index in [0.717, 1.165) is 6.42 Å². The minimum Gasteiger partial charge on any atom is -0.463 e. The van der Waals surface area contributed by atoms with E-state index in [1.165, 1.54) is 4.68 Å². The minimum absolute atomic E-state index is 0.0525. The molecule has 0 saturated heterocycles. The summed E-state index contributed by atoms with van der Waals surface area (Å²) in [5.41, 5.74) is 1.59. The number of carbonyl (C=O) groups is 1. The van der Waals surface area contributed by atoms with Crippen LogP contribution in [0.1, 0.15) is 30.8 Å². The largest absolute Gasteiger partial charge is 0.463 e. The Balaban J connectivity index is 2.08. The van der Waals surface area contributed by atoms with Crippen LogP contribution in [-0.4, -0.2) is 21.7 Å². The van der Waals surface area contributed by atoms with E-state index < -0.39 is 0 Å². The number of benzene rings is 1. The number of hydrogen-bond donors (Lipinski definition) is 1. The van der Waals surface area contributed by atoms with Crippen LogP contribution in [0.4, 0.5) is 0 Å². The van der Waals surface area contributed by atoms with Gasteiger partial charge in [0.1, 0.15) is 11.4 Å². The van der Waals surface area contributed by atoms with Crippen LogP contribution in [0.3, 0.4) is 0 Å². The lowest BCUT2D eigenvalue weighted by Crippen LogP contribution is -2.33. The maximum atomic E-state index is 12.7. The van der Waals surface area contributed by atoms with Gasteiger partial charge in [-0.1, -0.05) is 30.1 Å². The van der Waals surface area contributed by atoms with Gasteiger partial charge in [0.05, 0.1) is 22.0 Å². The number of carbonyl (C=O) groups excluding carboxylic acids is 1. The number of rotatable bonds is 5. The number of aromatic nitrogens is 2. The Kier molecular flexibility index (Phi) is 5.16. The predicted octanol–water partition coefficient (Wildman–Crippen LogP) is 4.97. The Hall–Kier alpha value is -2.24. The second kappa shape index (κ2) is 7.33. The molecule has 0 saturated carbocycles. The fourth-order valence-corrected chi connectivity index (χ4v) is 2.59. The van der Waals surface area contributed by atoms with Gasteiger partial charge in [0.15, 0.2) is 5.76 Å². The van der Waals surface area contributed by atoms with Crippen LogP contribution < -0.4 is 5.32 Å². The molecule has 2 heterocycles. The lowest BCUT2D eigenvalue weighted by atomic mass is 10.2. The topological polar surface area (TPSA) is 60.1 Å². The van der Waals surface area contributed by atoms with Crippen molar-refractivity contribution in [3.8, 4) is 17.1 Å². The van der Waals surface area contributed by atoms with Crippen molar-refractivity contribution in [2.45, 2.75) is 26.3 Å². The van der Waals surface area contributed by atoms with Gasteiger partial charge in [-0.05, 0) is 43.7 Å². The molecule has 1 aromatic carbocycles. The number of nitrogens with one attached hydrogen (secondary N) is 1. The highest BCUT2D eigenvalue weighted by Crippen LogP contribution is 2.27. The van der Waals surface area contributed by atoms with E-state index in [0.29, 0.717) is 32.9 Å². The van der Waals surface area contributed by atoms with E-state index in [1.54, 1.807) is 42.7 Å². The van der Waals surface area contributed by atoms with Crippen LogP contribution in [0.5, 0.6) is 0 Å². The molecule has 0 spiro atoms. The number of amides is 1. The van der Waals surface area contributed by atoms with Gasteiger partial charge >= 0.3 is 0 Å². The van der Waals surface area contributed by atoms with E-state index >= 15 is 0 Å². The molecule has 0 aliphatic carbocycles. The maximum absolute atomic E-state index is 12.7. The molecule has 3 aromatic rings. The molecular formula is C18H17Cl2N3O2. The Labute approximate surface area is 155 Å². The van der Waals surface area contributed by atoms with Crippen molar-refractivity contribution in [1.82, 2.24) is 15.1 Å². The first-order chi connectivity index (χ1) is 12.0. The quantitative estimate of drug-likeness (QED) is 0.682. The van der Waals surface area contributed by atoms with Crippen molar-refractivity contribution >= 4 is 29.1 Å². The van der Waals surface area contributed by atoms with Crippen molar-refractivity contribution < 1.29 is 9.21 Å². The number of furan rings is 1. The van der Waals surface area contributed by atoms with E-state index in [-0.39, 0.29) is 11.9 Å². The molecule has 3 rings (SSSR count). The molecule has 1 amide bonds. The van der Waals surface area contributed by atoms with Gasteiger partial charge in [-0.25, -0.2) is 4.68 Å². The summed E-state index contributed by atoms with van der Waals surface area (Å²) >= 11 is 12.1. The predicted molar refractivity (Wildman–Crippen MR) is 98.5 cm³/mol. The average molecular weight is 378 g/mol. The maximum Gasteiger partial charge on any atom is 0.270 e. The summed E-state index contributed by atoms with van der Waals surface area (Å²) in [7, 11) is 0. The van der Waals surface area contributed by atoms with Crippen molar-refractivity contribution in [3.63, 3.8) is 0 Å². The smallest absolute Gasteiger partial charge is 0.270 e. The molecule has 0 unspecified atom stereocenters. The summed E-state index contributed by atoms with van der Waals surface area (Å²) in [6.45, 7) is 3.96. The van der Waals surface area contributed by atoms with E-state index in [9.17, 15) is 4.79 Å². The summed E-state index contributed by atoms with van der Waals surface area (Å²) < 4.78 is 6.93. The summed E-state index contributed by atoms with van der Waals surface area (Å²) in [4.78, 5) is 12.7. The van der Waals surface area contributed by atoms with Crippen molar-refractivity contribution in [3.05, 3.63) is 58.4 Å². The van der Waals surface area contributed by atoms with Gasteiger partial charge in [0.25, 0.3) is 5.91 Å². The summed E-state index contributed by atoms with van der Waals surface area (Å²) in [6, 6.07) is 10.4. The van der Waals surface area contributed by atoms with Crippen molar-refractivity contribution in [2.75, 3.05) is 0 Å². The first kappa shape index (κ1) is 17.6. The first-order valence-electron chi connectivity index (χ1n) is 7.89. The Morgan fingerprint density at radius 2 is 2.08 bits per heavy atom. The Bertz CT molecular complexity index is 888. The standard InChI is InChI=1S/C18H17Cl2N3O2/c1-3-11(2)21-18(24)16-10-15(17-5-4-8-25-17)22-23(16)12-6-7-13(19)14(20)9-12/h4-11H,3H2,1-2H3,(H,21,24)/t11-/m1/s1. The molecule has 1 N–H and O–H groups in total. The van der Waals surface area contributed by atoms with Gasteiger partial charge in [-0.3, -0.25) is 4.79 Å². The zero-order chi connectivity index (χ0) is 18.0. The first-order valence-corrected chi connectivity index (χ1v) is 8.65. The lowest BCUT2D eigenvalue weighted by Gasteiger charge is -2.12. The molecule has 25 heavy (non-hydrogen) atoms. The van der Waals surface area contributed by atoms with Gasteiger partial charge in [0.2, 0.25) is 0 Å². The zero-order valence-electron chi connectivity index (χ0n) is 13.8. The fraction of sp³-hybridized carbons (Fsp3) is 0.222. The highest BCUT2D eigenvalue weighted by molar-refractivity contribution is 6.42. The number of hydrogen-bond acceptors (Lipinski definition) is 3. The second-order valence-electron chi connectivity index (χ2n) is 5.69. The normalized spacial score (nSPS) is 12.2. The van der Waals surface area contributed by atoms with Crippen LogP contribution in [0.2, 0.25) is 10.0 Å². The molecule has 0 aliphatic rings. The Morgan fingerprint density at radius 3 is 2.72 bits per heavy atom. The number of nitrogens with zero attached hydrogens (tertiary/aromatic N) is 2. The van der Waals surface area contributed by atoms with Crippen LogP contribution in [0.15, 0.2) is 47.1 Å². The average Bonchev–Trinajstić information content (AvgIpc) is 3.26. The number of halogens is 2. The molecule has 7 heteroatoms. The highest BCUT2D eigenvalue weighted by atomic mass is 35.5. The van der Waals surface area contributed by atoms with Crippen LogP contribution in [0, 0.1) is 0 Å². The molecule has 0 fully saturated rings. The third-order valence-electron chi connectivity index (χ3n) is 3.85. The van der Waals surface area contributed by atoms with Gasteiger partial charge < -0.3 is 9.73 Å². The molecule has 2 aromatic heterocycles. The monoisotopic (exact) mass is 377 g/mol. The van der Waals surface area contributed by atoms with E-state index in [1.807, 2.05) is 13.8 Å². The third kappa shape index (κ3) is 3.72. The summed E-state index contributed by atoms with van der Waals surface area (Å²) in [5.74, 6) is 0.363. The lowest BCUT2D eigenvalue weighted by molar-refractivity contribution is 0.0931.